The van der Waals surface area contributed by atoms with E-state index in [1.54, 1.807) is 18.2 Å². The summed E-state index contributed by atoms with van der Waals surface area (Å²) in [6.45, 7) is 0.279. The van der Waals surface area contributed by atoms with Crippen LogP contribution in [0.1, 0.15) is 11.1 Å². The van der Waals surface area contributed by atoms with Crippen LogP contribution in [0.3, 0.4) is 0 Å². The van der Waals surface area contributed by atoms with Gasteiger partial charge in [0.25, 0.3) is 0 Å². The van der Waals surface area contributed by atoms with Crippen LogP contribution in [-0.2, 0) is 6.61 Å². The average molecular weight is 262 g/mol. The van der Waals surface area contributed by atoms with E-state index in [1.165, 1.54) is 18.2 Å². The smallest absolute Gasteiger partial charge is 0.138 e. The summed E-state index contributed by atoms with van der Waals surface area (Å²) in [7, 11) is 0. The van der Waals surface area contributed by atoms with Crippen molar-refractivity contribution < 1.29 is 9.13 Å². The Labute approximate surface area is 109 Å². The third-order valence-electron chi connectivity index (χ3n) is 2.34. The molecular formula is C14H9ClFNO. The highest BCUT2D eigenvalue weighted by Crippen LogP contribution is 2.25. The molecule has 0 aliphatic rings. The van der Waals surface area contributed by atoms with Gasteiger partial charge in [-0.05, 0) is 35.9 Å². The van der Waals surface area contributed by atoms with Gasteiger partial charge in [0.05, 0.1) is 16.7 Å². The number of nitrogens with zero attached hydrogens (tertiary/aromatic N) is 1. The van der Waals surface area contributed by atoms with E-state index in [9.17, 15) is 4.39 Å². The molecule has 0 aliphatic heterocycles. The highest BCUT2D eigenvalue weighted by molar-refractivity contribution is 6.32. The van der Waals surface area contributed by atoms with Gasteiger partial charge >= 0.3 is 0 Å². The summed E-state index contributed by atoms with van der Waals surface area (Å²) in [5.74, 6) is 0.0132. The maximum atomic E-state index is 12.8. The largest absolute Gasteiger partial charge is 0.487 e. The molecule has 0 N–H and O–H groups in total. The van der Waals surface area contributed by atoms with Gasteiger partial charge in [-0.15, -0.1) is 0 Å². The van der Waals surface area contributed by atoms with Crippen LogP contribution in [-0.4, -0.2) is 0 Å². The minimum Gasteiger partial charge on any atom is -0.487 e. The molecule has 2 aromatic carbocycles. The summed E-state index contributed by atoms with van der Waals surface area (Å²) < 4.78 is 18.3. The number of hydrogen-bond acceptors (Lipinski definition) is 2. The molecule has 0 fully saturated rings. The van der Waals surface area contributed by atoms with Gasteiger partial charge in [-0.1, -0.05) is 23.7 Å². The van der Waals surface area contributed by atoms with E-state index in [4.69, 9.17) is 21.6 Å². The van der Waals surface area contributed by atoms with Crippen molar-refractivity contribution in [3.05, 3.63) is 64.4 Å². The van der Waals surface area contributed by atoms with E-state index in [1.807, 2.05) is 6.07 Å². The van der Waals surface area contributed by atoms with Crippen molar-refractivity contribution >= 4 is 11.6 Å². The van der Waals surface area contributed by atoms with Crippen molar-refractivity contribution in [3.63, 3.8) is 0 Å². The first-order chi connectivity index (χ1) is 8.69. The molecule has 0 saturated carbocycles. The average Bonchev–Trinajstić information content (AvgIpc) is 2.38. The first kappa shape index (κ1) is 12.4. The molecule has 0 atom stereocenters. The van der Waals surface area contributed by atoms with Crippen molar-refractivity contribution in [1.29, 1.82) is 5.26 Å². The molecule has 2 rings (SSSR count). The maximum Gasteiger partial charge on any atom is 0.138 e. The quantitative estimate of drug-likeness (QED) is 0.839. The van der Waals surface area contributed by atoms with Crippen molar-refractivity contribution in [2.45, 2.75) is 6.61 Å². The standard InChI is InChI=1S/C14H9ClFNO/c15-13-7-12(16)4-5-14(13)18-9-11-3-1-2-10(6-11)8-17/h1-7H,9H2. The van der Waals surface area contributed by atoms with Gasteiger partial charge in [-0.3, -0.25) is 0 Å². The molecule has 0 unspecified atom stereocenters. The van der Waals surface area contributed by atoms with E-state index in [0.717, 1.165) is 5.56 Å². The van der Waals surface area contributed by atoms with Gasteiger partial charge in [-0.2, -0.15) is 5.26 Å². The number of hydrogen-bond donors (Lipinski definition) is 0. The third-order valence-corrected chi connectivity index (χ3v) is 2.64. The van der Waals surface area contributed by atoms with Gasteiger partial charge in [-0.25, -0.2) is 4.39 Å². The van der Waals surface area contributed by atoms with Crippen LogP contribution in [0.2, 0.25) is 5.02 Å². The zero-order chi connectivity index (χ0) is 13.0. The van der Waals surface area contributed by atoms with Crippen LogP contribution in [0, 0.1) is 17.1 Å². The lowest BCUT2D eigenvalue weighted by atomic mass is 10.1. The Morgan fingerprint density at radius 1 is 1.22 bits per heavy atom. The molecule has 18 heavy (non-hydrogen) atoms. The van der Waals surface area contributed by atoms with Crippen LogP contribution in [0.25, 0.3) is 0 Å². The molecule has 0 spiro atoms. The Bertz CT molecular complexity index is 607. The summed E-state index contributed by atoms with van der Waals surface area (Å²) in [6.07, 6.45) is 0. The highest BCUT2D eigenvalue weighted by atomic mass is 35.5. The zero-order valence-electron chi connectivity index (χ0n) is 9.36. The molecule has 2 aromatic rings. The van der Waals surface area contributed by atoms with Crippen molar-refractivity contribution in [2.24, 2.45) is 0 Å². The highest BCUT2D eigenvalue weighted by Gasteiger charge is 2.03. The monoisotopic (exact) mass is 261 g/mol. The lowest BCUT2D eigenvalue weighted by Crippen LogP contribution is -1.96. The fraction of sp³-hybridized carbons (Fsp3) is 0.0714. The summed E-state index contributed by atoms with van der Waals surface area (Å²) in [5, 5.41) is 9.00. The minimum atomic E-state index is -0.404. The van der Waals surface area contributed by atoms with Crippen LogP contribution in [0.15, 0.2) is 42.5 Å². The van der Waals surface area contributed by atoms with E-state index in [0.29, 0.717) is 11.3 Å². The molecule has 0 amide bonds. The molecule has 0 aliphatic carbocycles. The Kier molecular flexibility index (Phi) is 3.81. The van der Waals surface area contributed by atoms with Crippen LogP contribution in [0.5, 0.6) is 5.75 Å². The fourth-order valence-electron chi connectivity index (χ4n) is 1.48. The zero-order valence-corrected chi connectivity index (χ0v) is 10.1. The second kappa shape index (κ2) is 5.52. The van der Waals surface area contributed by atoms with Gasteiger partial charge < -0.3 is 4.74 Å². The first-order valence-electron chi connectivity index (χ1n) is 5.26. The predicted octanol–water partition coefficient (Wildman–Crippen LogP) is 3.93. The molecular weight excluding hydrogens is 253 g/mol. The van der Waals surface area contributed by atoms with E-state index < -0.39 is 5.82 Å². The molecule has 0 bridgehead atoms. The van der Waals surface area contributed by atoms with Crippen LogP contribution < -0.4 is 4.74 Å². The van der Waals surface area contributed by atoms with Crippen LogP contribution >= 0.6 is 11.6 Å². The SMILES string of the molecule is N#Cc1cccc(COc2ccc(F)cc2Cl)c1. The molecule has 0 heterocycles. The molecule has 2 nitrogen and oxygen atoms in total. The summed E-state index contributed by atoms with van der Waals surface area (Å²) in [6, 6.07) is 13.1. The Morgan fingerprint density at radius 2 is 2.06 bits per heavy atom. The molecule has 0 radical (unpaired) electrons. The lowest BCUT2D eigenvalue weighted by Gasteiger charge is -2.08. The molecule has 0 aromatic heterocycles. The molecule has 90 valence electrons. The lowest BCUT2D eigenvalue weighted by molar-refractivity contribution is 0.306. The summed E-state index contributed by atoms with van der Waals surface area (Å²) >= 11 is 5.84. The first-order valence-corrected chi connectivity index (χ1v) is 5.64. The Hall–Kier alpha value is -2.05. The number of benzene rings is 2. The fourth-order valence-corrected chi connectivity index (χ4v) is 1.71. The second-order valence-corrected chi connectivity index (χ2v) is 4.08. The molecule has 0 saturated heterocycles. The van der Waals surface area contributed by atoms with Crippen molar-refractivity contribution in [2.75, 3.05) is 0 Å². The number of ether oxygens (including phenoxy) is 1. The van der Waals surface area contributed by atoms with Crippen molar-refractivity contribution in [3.8, 4) is 11.8 Å². The normalized spacial score (nSPS) is 9.83. The van der Waals surface area contributed by atoms with Gasteiger partial charge in [0.1, 0.15) is 18.2 Å². The number of nitriles is 1. The number of rotatable bonds is 3. The van der Waals surface area contributed by atoms with Gasteiger partial charge in [0, 0.05) is 0 Å². The topological polar surface area (TPSA) is 33.0 Å². The molecule has 4 heteroatoms. The van der Waals surface area contributed by atoms with E-state index >= 15 is 0 Å². The third kappa shape index (κ3) is 2.99. The Morgan fingerprint density at radius 3 is 2.78 bits per heavy atom. The maximum absolute atomic E-state index is 12.8. The van der Waals surface area contributed by atoms with Crippen LogP contribution in [0.4, 0.5) is 4.39 Å². The Balaban J connectivity index is 2.09. The van der Waals surface area contributed by atoms with E-state index in [2.05, 4.69) is 6.07 Å². The predicted molar refractivity (Wildman–Crippen MR) is 66.9 cm³/mol. The van der Waals surface area contributed by atoms with Gasteiger partial charge in [0.15, 0.2) is 0 Å². The summed E-state index contributed by atoms with van der Waals surface area (Å²) in [5.41, 5.74) is 1.43. The summed E-state index contributed by atoms with van der Waals surface area (Å²) in [4.78, 5) is 0. The second-order valence-electron chi connectivity index (χ2n) is 3.68. The number of halogens is 2. The minimum absolute atomic E-state index is 0.228. The van der Waals surface area contributed by atoms with E-state index in [-0.39, 0.29) is 11.6 Å². The van der Waals surface area contributed by atoms with Gasteiger partial charge in [0.2, 0.25) is 0 Å². The van der Waals surface area contributed by atoms with Crippen molar-refractivity contribution in [1.82, 2.24) is 0 Å².